The third-order valence-corrected chi connectivity index (χ3v) is 3.67. The van der Waals surface area contributed by atoms with Crippen LogP contribution >= 0.6 is 0 Å². The molecular weight excluding hydrogens is 240 g/mol. The van der Waals surface area contributed by atoms with E-state index in [0.717, 1.165) is 36.4 Å². The van der Waals surface area contributed by atoms with Crippen molar-refractivity contribution in [1.29, 1.82) is 0 Å². The van der Waals surface area contributed by atoms with Crippen LogP contribution in [0.2, 0.25) is 0 Å². The van der Waals surface area contributed by atoms with E-state index >= 15 is 0 Å². The van der Waals surface area contributed by atoms with Gasteiger partial charge < -0.3 is 15.4 Å². The number of amides is 1. The minimum Gasteiger partial charge on any atom is -0.483 e. The Hall–Kier alpha value is -1.55. The average Bonchev–Trinajstić information content (AvgIpc) is 2.88. The van der Waals surface area contributed by atoms with Gasteiger partial charge in [0.1, 0.15) is 5.75 Å². The zero-order chi connectivity index (χ0) is 13.8. The Morgan fingerprint density at radius 1 is 1.47 bits per heavy atom. The fourth-order valence-corrected chi connectivity index (χ4v) is 2.35. The van der Waals surface area contributed by atoms with Crippen molar-refractivity contribution in [3.05, 3.63) is 29.3 Å². The van der Waals surface area contributed by atoms with Crippen LogP contribution in [0.25, 0.3) is 0 Å². The van der Waals surface area contributed by atoms with E-state index in [4.69, 9.17) is 10.5 Å². The number of likely N-dealkylation sites (tertiary alicyclic amines) is 1. The second-order valence-electron chi connectivity index (χ2n) is 5.29. The molecule has 4 nitrogen and oxygen atoms in total. The van der Waals surface area contributed by atoms with E-state index in [9.17, 15) is 4.79 Å². The number of benzene rings is 1. The Kier molecular flexibility index (Phi) is 4.43. The highest BCUT2D eigenvalue weighted by Gasteiger charge is 2.25. The highest BCUT2D eigenvalue weighted by Crippen LogP contribution is 2.20. The van der Waals surface area contributed by atoms with Gasteiger partial charge in [0.05, 0.1) is 0 Å². The van der Waals surface area contributed by atoms with Gasteiger partial charge in [0.25, 0.3) is 5.91 Å². The van der Waals surface area contributed by atoms with Gasteiger partial charge in [-0.25, -0.2) is 0 Å². The largest absolute Gasteiger partial charge is 0.483 e. The summed E-state index contributed by atoms with van der Waals surface area (Å²) in [6.45, 7) is 6.34. The molecule has 1 aromatic rings. The van der Waals surface area contributed by atoms with Crippen molar-refractivity contribution in [3.63, 3.8) is 0 Å². The van der Waals surface area contributed by atoms with Crippen molar-refractivity contribution >= 4 is 5.91 Å². The van der Waals surface area contributed by atoms with Crippen molar-refractivity contribution < 1.29 is 9.53 Å². The SMILES string of the molecule is Cc1ccc(C)c(OCC(=O)N2CC[C@@H](CN)C2)c1. The summed E-state index contributed by atoms with van der Waals surface area (Å²) in [5.41, 5.74) is 7.82. The van der Waals surface area contributed by atoms with E-state index in [1.54, 1.807) is 0 Å². The lowest BCUT2D eigenvalue weighted by Crippen LogP contribution is -2.33. The molecule has 0 aromatic heterocycles. The van der Waals surface area contributed by atoms with E-state index in [2.05, 4.69) is 0 Å². The minimum absolute atomic E-state index is 0.0526. The molecule has 0 unspecified atom stereocenters. The minimum atomic E-state index is 0.0526. The lowest BCUT2D eigenvalue weighted by molar-refractivity contribution is -0.132. The van der Waals surface area contributed by atoms with Crippen LogP contribution in [0.15, 0.2) is 18.2 Å². The summed E-state index contributed by atoms with van der Waals surface area (Å²) in [6.07, 6.45) is 1.01. The average molecular weight is 262 g/mol. The van der Waals surface area contributed by atoms with Gasteiger partial charge in [0.15, 0.2) is 6.61 Å². The first-order valence-corrected chi connectivity index (χ1v) is 6.78. The van der Waals surface area contributed by atoms with E-state index in [1.807, 2.05) is 36.9 Å². The lowest BCUT2D eigenvalue weighted by Gasteiger charge is -2.17. The highest BCUT2D eigenvalue weighted by molar-refractivity contribution is 5.78. The van der Waals surface area contributed by atoms with Crippen molar-refractivity contribution in [2.24, 2.45) is 11.7 Å². The van der Waals surface area contributed by atoms with Gasteiger partial charge in [0, 0.05) is 13.1 Å². The van der Waals surface area contributed by atoms with Gasteiger partial charge in [-0.15, -0.1) is 0 Å². The van der Waals surface area contributed by atoms with Crippen LogP contribution in [0, 0.1) is 19.8 Å². The number of hydrogen-bond donors (Lipinski definition) is 1. The van der Waals surface area contributed by atoms with Crippen LogP contribution in [0.3, 0.4) is 0 Å². The quantitative estimate of drug-likeness (QED) is 0.894. The van der Waals surface area contributed by atoms with Crippen LogP contribution in [0.5, 0.6) is 5.75 Å². The number of hydrogen-bond acceptors (Lipinski definition) is 3. The van der Waals surface area contributed by atoms with E-state index in [-0.39, 0.29) is 12.5 Å². The summed E-state index contributed by atoms with van der Waals surface area (Å²) in [5, 5.41) is 0. The summed E-state index contributed by atoms with van der Waals surface area (Å²) in [5.74, 6) is 1.30. The predicted molar refractivity (Wildman–Crippen MR) is 75.2 cm³/mol. The van der Waals surface area contributed by atoms with Crippen molar-refractivity contribution in [3.8, 4) is 5.75 Å². The summed E-state index contributed by atoms with van der Waals surface area (Å²) in [7, 11) is 0. The topological polar surface area (TPSA) is 55.6 Å². The summed E-state index contributed by atoms with van der Waals surface area (Å²) < 4.78 is 5.64. The molecule has 0 bridgehead atoms. The molecular formula is C15H22N2O2. The van der Waals surface area contributed by atoms with Crippen LogP contribution in [0.1, 0.15) is 17.5 Å². The molecule has 19 heavy (non-hydrogen) atoms. The Morgan fingerprint density at radius 2 is 2.26 bits per heavy atom. The molecule has 0 aliphatic carbocycles. The lowest BCUT2D eigenvalue weighted by atomic mass is 10.1. The molecule has 1 atom stereocenters. The Balaban J connectivity index is 1.88. The number of rotatable bonds is 4. The molecule has 1 heterocycles. The number of aryl methyl sites for hydroxylation is 2. The van der Waals surface area contributed by atoms with E-state index < -0.39 is 0 Å². The zero-order valence-electron chi connectivity index (χ0n) is 11.7. The summed E-state index contributed by atoms with van der Waals surface area (Å²) in [6, 6.07) is 6.01. The molecule has 1 fully saturated rings. The number of carbonyl (C=O) groups excluding carboxylic acids is 1. The molecule has 1 amide bonds. The Morgan fingerprint density at radius 3 is 2.95 bits per heavy atom. The second kappa shape index (κ2) is 6.06. The first-order valence-electron chi connectivity index (χ1n) is 6.78. The van der Waals surface area contributed by atoms with Crippen LogP contribution in [-0.2, 0) is 4.79 Å². The molecule has 4 heteroatoms. The molecule has 1 aliphatic heterocycles. The highest BCUT2D eigenvalue weighted by atomic mass is 16.5. The molecule has 1 saturated heterocycles. The molecule has 0 saturated carbocycles. The summed E-state index contributed by atoms with van der Waals surface area (Å²) in [4.78, 5) is 13.9. The summed E-state index contributed by atoms with van der Waals surface area (Å²) >= 11 is 0. The molecule has 104 valence electrons. The maximum Gasteiger partial charge on any atom is 0.260 e. The standard InChI is InChI=1S/C15H22N2O2/c1-11-3-4-12(2)14(7-11)19-10-15(18)17-6-5-13(8-16)9-17/h3-4,7,13H,5-6,8-10,16H2,1-2H3/t13-/m0/s1. The van der Waals surface area contributed by atoms with E-state index in [0.29, 0.717) is 12.5 Å². The maximum atomic E-state index is 12.0. The molecule has 1 aromatic carbocycles. The Bertz CT molecular complexity index is 459. The first-order chi connectivity index (χ1) is 9.10. The van der Waals surface area contributed by atoms with E-state index in [1.165, 1.54) is 0 Å². The van der Waals surface area contributed by atoms with Gasteiger partial charge in [0.2, 0.25) is 0 Å². The Labute approximate surface area is 114 Å². The normalized spacial score (nSPS) is 18.7. The van der Waals surface area contributed by atoms with Gasteiger partial charge >= 0.3 is 0 Å². The molecule has 2 rings (SSSR count). The molecule has 1 aliphatic rings. The molecule has 2 N–H and O–H groups in total. The van der Waals surface area contributed by atoms with Gasteiger partial charge in [-0.1, -0.05) is 12.1 Å². The fourth-order valence-electron chi connectivity index (χ4n) is 2.35. The number of ether oxygens (including phenoxy) is 1. The van der Waals surface area contributed by atoms with Crippen molar-refractivity contribution in [2.45, 2.75) is 20.3 Å². The van der Waals surface area contributed by atoms with Crippen molar-refractivity contribution in [1.82, 2.24) is 4.90 Å². The monoisotopic (exact) mass is 262 g/mol. The second-order valence-corrected chi connectivity index (χ2v) is 5.29. The number of carbonyl (C=O) groups is 1. The van der Waals surface area contributed by atoms with Crippen LogP contribution < -0.4 is 10.5 Å². The number of nitrogens with zero attached hydrogens (tertiary/aromatic N) is 1. The zero-order valence-corrected chi connectivity index (χ0v) is 11.7. The van der Waals surface area contributed by atoms with Gasteiger partial charge in [-0.05, 0) is 49.9 Å². The van der Waals surface area contributed by atoms with Crippen LogP contribution in [0.4, 0.5) is 0 Å². The maximum absolute atomic E-state index is 12.0. The predicted octanol–water partition coefficient (Wildman–Crippen LogP) is 1.49. The van der Waals surface area contributed by atoms with Gasteiger partial charge in [-0.2, -0.15) is 0 Å². The first kappa shape index (κ1) is 13.9. The smallest absolute Gasteiger partial charge is 0.260 e. The molecule has 0 spiro atoms. The third-order valence-electron chi connectivity index (χ3n) is 3.67. The van der Waals surface area contributed by atoms with Gasteiger partial charge in [-0.3, -0.25) is 4.79 Å². The number of nitrogens with two attached hydrogens (primary N) is 1. The molecule has 0 radical (unpaired) electrons. The van der Waals surface area contributed by atoms with Crippen molar-refractivity contribution in [2.75, 3.05) is 26.2 Å². The fraction of sp³-hybridized carbons (Fsp3) is 0.533. The third kappa shape index (κ3) is 3.47. The van der Waals surface area contributed by atoms with Crippen LogP contribution in [-0.4, -0.2) is 37.0 Å².